The molecular formula is C11H12N5O4S. The lowest BCUT2D eigenvalue weighted by Gasteiger charge is -2.07. The van der Waals surface area contributed by atoms with Gasteiger partial charge in [-0.2, -0.15) is 23.4 Å². The van der Waals surface area contributed by atoms with Gasteiger partial charge in [0.05, 0.1) is 11.5 Å². The van der Waals surface area contributed by atoms with Gasteiger partial charge in [-0.05, 0) is 18.2 Å². The monoisotopic (exact) mass is 310 g/mol. The van der Waals surface area contributed by atoms with Crippen LogP contribution in [0, 0.1) is 6.33 Å². The van der Waals surface area contributed by atoms with Crippen LogP contribution in [0.4, 0.5) is 17.6 Å². The summed E-state index contributed by atoms with van der Waals surface area (Å²) in [5, 5.41) is 14.2. The summed E-state index contributed by atoms with van der Waals surface area (Å²) < 4.78 is 31.1. The second kappa shape index (κ2) is 6.43. The summed E-state index contributed by atoms with van der Waals surface area (Å²) in [5.41, 5.74) is 0.373. The fraction of sp³-hybridized carbons (Fsp3) is 0.182. The minimum Gasteiger partial charge on any atom is -0.395 e. The highest BCUT2D eigenvalue weighted by molar-refractivity contribution is 7.85. The minimum absolute atomic E-state index is 0.0785. The maximum absolute atomic E-state index is 11.1. The summed E-state index contributed by atoms with van der Waals surface area (Å²) in [6.45, 7) is 0.195. The number of rotatable bonds is 6. The van der Waals surface area contributed by atoms with Gasteiger partial charge in [-0.25, -0.2) is 0 Å². The van der Waals surface area contributed by atoms with Crippen molar-refractivity contribution in [1.29, 1.82) is 0 Å². The Kier molecular flexibility index (Phi) is 4.62. The molecule has 10 heteroatoms. The summed E-state index contributed by atoms with van der Waals surface area (Å²) in [6.07, 6.45) is 2.37. The quantitative estimate of drug-likeness (QED) is 0.546. The number of aliphatic hydroxyl groups is 1. The van der Waals surface area contributed by atoms with Gasteiger partial charge in [-0.1, -0.05) is 6.07 Å². The fourth-order valence-electron chi connectivity index (χ4n) is 1.44. The Morgan fingerprint density at radius 3 is 2.71 bits per heavy atom. The molecule has 0 aliphatic heterocycles. The number of nitrogens with one attached hydrogen (secondary N) is 2. The van der Waals surface area contributed by atoms with Crippen LogP contribution < -0.4 is 10.6 Å². The van der Waals surface area contributed by atoms with Crippen molar-refractivity contribution in [3.05, 3.63) is 30.6 Å². The second-order valence-electron chi connectivity index (χ2n) is 3.86. The number of hydrogen-bond donors (Lipinski definition) is 4. The van der Waals surface area contributed by atoms with Crippen molar-refractivity contribution in [2.45, 2.75) is 4.90 Å². The van der Waals surface area contributed by atoms with E-state index in [0.717, 1.165) is 0 Å². The van der Waals surface area contributed by atoms with E-state index in [1.54, 1.807) is 6.07 Å². The number of nitrogens with zero attached hydrogens (tertiary/aromatic N) is 3. The van der Waals surface area contributed by atoms with E-state index in [2.05, 4.69) is 31.9 Å². The van der Waals surface area contributed by atoms with E-state index in [0.29, 0.717) is 5.69 Å². The number of hydrogen-bond acceptors (Lipinski definition) is 8. The summed E-state index contributed by atoms with van der Waals surface area (Å²) in [6, 6.07) is 5.54. The highest BCUT2D eigenvalue weighted by atomic mass is 32.2. The van der Waals surface area contributed by atoms with Gasteiger partial charge in [0.15, 0.2) is 0 Å². The average Bonchev–Trinajstić information content (AvgIpc) is 2.45. The number of aromatic nitrogens is 3. The number of aliphatic hydroxyl groups excluding tert-OH is 1. The van der Waals surface area contributed by atoms with Crippen LogP contribution in [-0.2, 0) is 10.1 Å². The molecule has 0 saturated heterocycles. The molecule has 1 aromatic heterocycles. The van der Waals surface area contributed by atoms with Crippen LogP contribution in [0.5, 0.6) is 0 Å². The van der Waals surface area contributed by atoms with Crippen molar-refractivity contribution in [2.75, 3.05) is 23.8 Å². The minimum atomic E-state index is -4.28. The van der Waals surface area contributed by atoms with Crippen molar-refractivity contribution in [3.8, 4) is 0 Å². The lowest BCUT2D eigenvalue weighted by Crippen LogP contribution is -2.10. The molecule has 1 heterocycles. The topological polar surface area (TPSA) is 137 Å². The van der Waals surface area contributed by atoms with Crippen molar-refractivity contribution >= 4 is 27.7 Å². The first-order valence-corrected chi connectivity index (χ1v) is 7.24. The Labute approximate surface area is 120 Å². The molecule has 2 rings (SSSR count). The van der Waals surface area contributed by atoms with Gasteiger partial charge >= 0.3 is 0 Å². The van der Waals surface area contributed by atoms with Crippen LogP contribution in [0.25, 0.3) is 0 Å². The first-order valence-electron chi connectivity index (χ1n) is 5.80. The summed E-state index contributed by atoms with van der Waals surface area (Å²) in [7, 11) is -4.28. The Hall–Kier alpha value is -2.30. The van der Waals surface area contributed by atoms with Crippen LogP contribution >= 0.6 is 0 Å². The molecule has 0 atom stereocenters. The zero-order chi connectivity index (χ0) is 15.3. The Balaban J connectivity index is 2.18. The van der Waals surface area contributed by atoms with Crippen molar-refractivity contribution < 1.29 is 18.1 Å². The van der Waals surface area contributed by atoms with E-state index < -0.39 is 10.1 Å². The molecule has 0 amide bonds. The average molecular weight is 310 g/mol. The molecule has 2 aromatic rings. The smallest absolute Gasteiger partial charge is 0.294 e. The van der Waals surface area contributed by atoms with Crippen molar-refractivity contribution in [3.63, 3.8) is 0 Å². The molecule has 0 spiro atoms. The molecule has 1 radical (unpaired) electrons. The Morgan fingerprint density at radius 1 is 1.24 bits per heavy atom. The summed E-state index contributed by atoms with van der Waals surface area (Å²) >= 11 is 0. The lowest BCUT2D eigenvalue weighted by atomic mass is 10.3. The molecule has 0 aliphatic rings. The maximum Gasteiger partial charge on any atom is 0.294 e. The second-order valence-corrected chi connectivity index (χ2v) is 5.28. The number of anilines is 3. The predicted octanol–water partition coefficient (Wildman–Crippen LogP) is 0.0663. The molecule has 0 saturated carbocycles. The molecular weight excluding hydrogens is 298 g/mol. The molecule has 0 fully saturated rings. The van der Waals surface area contributed by atoms with Gasteiger partial charge in [0.25, 0.3) is 10.1 Å². The first kappa shape index (κ1) is 15.1. The van der Waals surface area contributed by atoms with Crippen molar-refractivity contribution in [2.24, 2.45) is 0 Å². The van der Waals surface area contributed by atoms with Gasteiger partial charge in [0, 0.05) is 12.2 Å². The van der Waals surface area contributed by atoms with Crippen LogP contribution in [0.1, 0.15) is 0 Å². The summed E-state index contributed by atoms with van der Waals surface area (Å²) in [5.74, 6) is 0.352. The molecule has 1 aromatic carbocycles. The standard InChI is InChI=1S/C11H12N5O4S/c17-5-4-12-10-13-7-14-11(16-10)15-8-2-1-3-9(6-8)21(18,19)20/h1-3,6,17H,4-5H2,(H,18,19,20)(H2,12,13,14,15,16). The molecule has 9 nitrogen and oxygen atoms in total. The van der Waals surface area contributed by atoms with E-state index in [-0.39, 0.29) is 29.9 Å². The van der Waals surface area contributed by atoms with Crippen LogP contribution in [0.3, 0.4) is 0 Å². The fourth-order valence-corrected chi connectivity index (χ4v) is 1.96. The molecule has 0 unspecified atom stereocenters. The molecule has 21 heavy (non-hydrogen) atoms. The third-order valence-corrected chi connectivity index (χ3v) is 3.16. The van der Waals surface area contributed by atoms with Crippen LogP contribution in [0.2, 0.25) is 0 Å². The van der Waals surface area contributed by atoms with E-state index in [1.807, 2.05) is 0 Å². The van der Waals surface area contributed by atoms with E-state index in [9.17, 15) is 8.42 Å². The van der Waals surface area contributed by atoms with Gasteiger partial charge in [-0.15, -0.1) is 0 Å². The maximum atomic E-state index is 11.1. The predicted molar refractivity (Wildman–Crippen MR) is 73.8 cm³/mol. The van der Waals surface area contributed by atoms with E-state index in [4.69, 9.17) is 9.66 Å². The zero-order valence-corrected chi connectivity index (χ0v) is 11.5. The third-order valence-electron chi connectivity index (χ3n) is 2.31. The lowest BCUT2D eigenvalue weighted by molar-refractivity contribution is 0.311. The van der Waals surface area contributed by atoms with E-state index >= 15 is 0 Å². The Bertz CT molecular complexity index is 722. The normalized spacial score (nSPS) is 11.1. The highest BCUT2D eigenvalue weighted by Crippen LogP contribution is 2.17. The molecule has 0 aliphatic carbocycles. The molecule has 4 N–H and O–H groups in total. The largest absolute Gasteiger partial charge is 0.395 e. The Morgan fingerprint density at radius 2 is 2.00 bits per heavy atom. The highest BCUT2D eigenvalue weighted by Gasteiger charge is 2.10. The number of benzene rings is 1. The summed E-state index contributed by atoms with van der Waals surface area (Å²) in [4.78, 5) is 11.2. The molecule has 111 valence electrons. The molecule has 0 bridgehead atoms. The van der Waals surface area contributed by atoms with E-state index in [1.165, 1.54) is 18.2 Å². The van der Waals surface area contributed by atoms with Crippen molar-refractivity contribution in [1.82, 2.24) is 15.0 Å². The SMILES string of the molecule is O=S(=O)(O)c1cccc(Nc2n[c]nc(NCCO)n2)c1. The van der Waals surface area contributed by atoms with Gasteiger partial charge in [-0.3, -0.25) is 4.55 Å². The van der Waals surface area contributed by atoms with Gasteiger partial charge in [0.2, 0.25) is 18.2 Å². The third kappa shape index (κ3) is 4.34. The van der Waals surface area contributed by atoms with Crippen LogP contribution in [-0.4, -0.2) is 46.2 Å². The first-order chi connectivity index (χ1) is 9.99. The zero-order valence-electron chi connectivity index (χ0n) is 10.7. The van der Waals surface area contributed by atoms with Gasteiger partial charge in [0.1, 0.15) is 0 Å². The van der Waals surface area contributed by atoms with Crippen LogP contribution in [0.15, 0.2) is 29.2 Å². The van der Waals surface area contributed by atoms with Gasteiger partial charge < -0.3 is 15.7 Å².